The molecule has 1 aromatic carbocycles. The van der Waals surface area contributed by atoms with Gasteiger partial charge in [-0.15, -0.1) is 0 Å². The zero-order valence-electron chi connectivity index (χ0n) is 10.4. The van der Waals surface area contributed by atoms with E-state index in [-0.39, 0.29) is 0 Å². The van der Waals surface area contributed by atoms with Crippen LogP contribution < -0.4 is 5.73 Å². The molecule has 3 aromatic rings. The lowest BCUT2D eigenvalue weighted by Crippen LogP contribution is -1.96. The number of fused-ring (bicyclic) bond motifs is 3. The molecule has 0 aliphatic carbocycles. The average molecular weight is 237 g/mol. The molecule has 0 saturated carbocycles. The molecule has 0 aliphatic rings. The van der Waals surface area contributed by atoms with Crippen molar-refractivity contribution in [3.63, 3.8) is 0 Å². The molecule has 2 N–H and O–H groups in total. The van der Waals surface area contributed by atoms with Gasteiger partial charge in [0, 0.05) is 17.0 Å². The van der Waals surface area contributed by atoms with Gasteiger partial charge < -0.3 is 5.73 Å². The molecule has 2 aromatic heterocycles. The van der Waals surface area contributed by atoms with Crippen molar-refractivity contribution in [3.05, 3.63) is 42.1 Å². The Morgan fingerprint density at radius 2 is 2.00 bits per heavy atom. The minimum Gasteiger partial charge on any atom is -0.382 e. The SMILES string of the molecule is CCCc1cnc2c(N)nc3ccccc3c2c1. The first kappa shape index (κ1) is 11.0. The van der Waals surface area contributed by atoms with E-state index in [1.807, 2.05) is 24.4 Å². The summed E-state index contributed by atoms with van der Waals surface area (Å²) in [5.41, 5.74) is 8.95. The predicted octanol–water partition coefficient (Wildman–Crippen LogP) is 3.32. The predicted molar refractivity (Wildman–Crippen MR) is 75.5 cm³/mol. The van der Waals surface area contributed by atoms with Crippen molar-refractivity contribution in [2.75, 3.05) is 5.73 Å². The number of hydrogen-bond donors (Lipinski definition) is 1. The number of hydrogen-bond acceptors (Lipinski definition) is 3. The lowest BCUT2D eigenvalue weighted by molar-refractivity contribution is 0.917. The number of pyridine rings is 2. The molecule has 0 saturated heterocycles. The maximum Gasteiger partial charge on any atom is 0.150 e. The topological polar surface area (TPSA) is 51.8 Å². The molecule has 3 heteroatoms. The van der Waals surface area contributed by atoms with Gasteiger partial charge in [-0.3, -0.25) is 4.98 Å². The van der Waals surface area contributed by atoms with E-state index >= 15 is 0 Å². The van der Waals surface area contributed by atoms with Crippen LogP contribution >= 0.6 is 0 Å². The monoisotopic (exact) mass is 237 g/mol. The van der Waals surface area contributed by atoms with Crippen LogP contribution in [0.25, 0.3) is 21.8 Å². The fraction of sp³-hybridized carbons (Fsp3) is 0.200. The maximum absolute atomic E-state index is 5.97. The Morgan fingerprint density at radius 1 is 1.17 bits per heavy atom. The highest BCUT2D eigenvalue weighted by Crippen LogP contribution is 2.27. The number of nitrogens with two attached hydrogens (primary N) is 1. The highest BCUT2D eigenvalue weighted by atomic mass is 14.9. The Morgan fingerprint density at radius 3 is 2.83 bits per heavy atom. The third-order valence-electron chi connectivity index (χ3n) is 3.16. The number of rotatable bonds is 2. The molecule has 0 amide bonds. The summed E-state index contributed by atoms with van der Waals surface area (Å²) in [5.74, 6) is 0.506. The number of anilines is 1. The highest BCUT2D eigenvalue weighted by molar-refractivity contribution is 6.08. The van der Waals surface area contributed by atoms with Crippen LogP contribution in [-0.2, 0) is 6.42 Å². The Labute approximate surface area is 106 Å². The zero-order chi connectivity index (χ0) is 12.5. The van der Waals surface area contributed by atoms with E-state index in [1.165, 1.54) is 5.56 Å². The summed E-state index contributed by atoms with van der Waals surface area (Å²) in [4.78, 5) is 8.86. The number of benzene rings is 1. The molecule has 0 radical (unpaired) electrons. The lowest BCUT2D eigenvalue weighted by Gasteiger charge is -2.07. The molecule has 0 aliphatic heterocycles. The van der Waals surface area contributed by atoms with E-state index in [2.05, 4.69) is 29.0 Å². The molecule has 0 bridgehead atoms. The molecular weight excluding hydrogens is 222 g/mol. The van der Waals surface area contributed by atoms with Crippen LogP contribution in [-0.4, -0.2) is 9.97 Å². The summed E-state index contributed by atoms with van der Waals surface area (Å²) < 4.78 is 0. The van der Waals surface area contributed by atoms with Crippen LogP contribution in [0.4, 0.5) is 5.82 Å². The van der Waals surface area contributed by atoms with Crippen molar-refractivity contribution in [1.82, 2.24) is 9.97 Å². The minimum atomic E-state index is 0.506. The smallest absolute Gasteiger partial charge is 0.150 e. The summed E-state index contributed by atoms with van der Waals surface area (Å²) in [5, 5.41) is 2.22. The fourth-order valence-corrected chi connectivity index (χ4v) is 2.32. The molecule has 0 atom stereocenters. The first-order valence-corrected chi connectivity index (χ1v) is 6.22. The van der Waals surface area contributed by atoms with E-state index in [0.29, 0.717) is 5.82 Å². The Bertz CT molecular complexity index is 719. The van der Waals surface area contributed by atoms with Crippen molar-refractivity contribution < 1.29 is 0 Å². The first-order chi connectivity index (χ1) is 8.79. The van der Waals surface area contributed by atoms with Crippen LogP contribution in [0.5, 0.6) is 0 Å². The second-order valence-electron chi connectivity index (χ2n) is 4.50. The van der Waals surface area contributed by atoms with Gasteiger partial charge in [-0.05, 0) is 24.1 Å². The van der Waals surface area contributed by atoms with Crippen molar-refractivity contribution in [3.8, 4) is 0 Å². The van der Waals surface area contributed by atoms with Crippen LogP contribution in [0.15, 0.2) is 36.5 Å². The molecule has 3 rings (SSSR count). The van der Waals surface area contributed by atoms with Gasteiger partial charge in [0.1, 0.15) is 5.52 Å². The largest absolute Gasteiger partial charge is 0.382 e. The van der Waals surface area contributed by atoms with Gasteiger partial charge in [0.25, 0.3) is 0 Å². The standard InChI is InChI=1S/C15H15N3/c1-2-5-10-8-12-11-6-3-4-7-13(11)18-15(16)14(12)17-9-10/h3-4,6-9H,2,5H2,1H3,(H2,16,18). The maximum atomic E-state index is 5.97. The van der Waals surface area contributed by atoms with Crippen LogP contribution in [0.3, 0.4) is 0 Å². The van der Waals surface area contributed by atoms with Crippen molar-refractivity contribution in [1.29, 1.82) is 0 Å². The third-order valence-corrected chi connectivity index (χ3v) is 3.16. The van der Waals surface area contributed by atoms with Crippen LogP contribution in [0.2, 0.25) is 0 Å². The van der Waals surface area contributed by atoms with Gasteiger partial charge in [0.15, 0.2) is 5.82 Å². The van der Waals surface area contributed by atoms with Gasteiger partial charge in [-0.2, -0.15) is 0 Å². The Balaban J connectivity index is 2.40. The summed E-state index contributed by atoms with van der Waals surface area (Å²) in [6.45, 7) is 2.17. The Hall–Kier alpha value is -2.16. The number of nitrogen functional groups attached to an aromatic ring is 1. The molecule has 18 heavy (non-hydrogen) atoms. The van der Waals surface area contributed by atoms with Gasteiger partial charge in [-0.1, -0.05) is 31.5 Å². The molecule has 3 nitrogen and oxygen atoms in total. The van der Waals surface area contributed by atoms with Crippen LogP contribution in [0, 0.1) is 0 Å². The summed E-state index contributed by atoms with van der Waals surface area (Å²) >= 11 is 0. The average Bonchev–Trinajstić information content (AvgIpc) is 2.39. The zero-order valence-corrected chi connectivity index (χ0v) is 10.4. The third kappa shape index (κ3) is 1.68. The van der Waals surface area contributed by atoms with Crippen molar-refractivity contribution in [2.45, 2.75) is 19.8 Å². The highest BCUT2D eigenvalue weighted by Gasteiger charge is 2.07. The second-order valence-corrected chi connectivity index (χ2v) is 4.50. The van der Waals surface area contributed by atoms with E-state index < -0.39 is 0 Å². The number of para-hydroxylation sites is 1. The molecule has 90 valence electrons. The van der Waals surface area contributed by atoms with Gasteiger partial charge in [0.2, 0.25) is 0 Å². The van der Waals surface area contributed by atoms with Crippen molar-refractivity contribution in [2.24, 2.45) is 0 Å². The van der Waals surface area contributed by atoms with Gasteiger partial charge in [-0.25, -0.2) is 4.98 Å². The Kier molecular flexibility index (Phi) is 2.59. The molecular formula is C15H15N3. The quantitative estimate of drug-likeness (QED) is 0.695. The first-order valence-electron chi connectivity index (χ1n) is 6.22. The number of aryl methyl sites for hydroxylation is 1. The second kappa shape index (κ2) is 4.26. The molecule has 2 heterocycles. The fourth-order valence-electron chi connectivity index (χ4n) is 2.32. The number of nitrogens with zero attached hydrogens (tertiary/aromatic N) is 2. The number of aromatic nitrogens is 2. The molecule has 0 spiro atoms. The normalized spacial score (nSPS) is 11.2. The summed E-state index contributed by atoms with van der Waals surface area (Å²) in [6.07, 6.45) is 4.06. The molecule has 0 unspecified atom stereocenters. The van der Waals surface area contributed by atoms with E-state index in [4.69, 9.17) is 5.73 Å². The molecule has 0 fully saturated rings. The van der Waals surface area contributed by atoms with Gasteiger partial charge in [0.05, 0.1) is 5.52 Å². The van der Waals surface area contributed by atoms with Gasteiger partial charge >= 0.3 is 0 Å². The van der Waals surface area contributed by atoms with E-state index in [1.54, 1.807) is 0 Å². The summed E-state index contributed by atoms with van der Waals surface area (Å²) in [6, 6.07) is 10.2. The minimum absolute atomic E-state index is 0.506. The van der Waals surface area contributed by atoms with Crippen molar-refractivity contribution >= 4 is 27.6 Å². The lowest BCUT2D eigenvalue weighted by atomic mass is 10.1. The van der Waals surface area contributed by atoms with Crippen LogP contribution in [0.1, 0.15) is 18.9 Å². The van der Waals surface area contributed by atoms with E-state index in [9.17, 15) is 0 Å². The van der Waals surface area contributed by atoms with E-state index in [0.717, 1.165) is 34.6 Å². The summed E-state index contributed by atoms with van der Waals surface area (Å²) in [7, 11) is 0.